The van der Waals surface area contributed by atoms with Gasteiger partial charge in [0, 0.05) is 18.0 Å². The minimum Gasteiger partial charge on any atom is -0.472 e. The molecule has 0 unspecified atom stereocenters. The first-order chi connectivity index (χ1) is 6.77. The summed E-state index contributed by atoms with van der Waals surface area (Å²) in [6.07, 6.45) is 6.19. The summed E-state index contributed by atoms with van der Waals surface area (Å²) >= 11 is 0. The summed E-state index contributed by atoms with van der Waals surface area (Å²) in [6, 6.07) is 3.45. The van der Waals surface area contributed by atoms with Crippen molar-refractivity contribution in [3.8, 4) is 0 Å². The van der Waals surface area contributed by atoms with Crippen molar-refractivity contribution in [2.75, 3.05) is 0 Å². The number of rotatable bonds is 2. The molecular formula is C11H9NO2. The average Bonchev–Trinajstić information content (AvgIpc) is 2.69. The lowest BCUT2D eigenvalue weighted by atomic mass is 10.1. The molecule has 0 aliphatic heterocycles. The topological polar surface area (TPSA) is 43.1 Å². The molecule has 0 spiro atoms. The molecule has 2 heterocycles. The molecule has 2 aromatic heterocycles. The molecule has 3 heteroatoms. The molecule has 0 atom stereocenters. The van der Waals surface area contributed by atoms with Gasteiger partial charge >= 0.3 is 0 Å². The Morgan fingerprint density at radius 3 is 2.86 bits per heavy atom. The third kappa shape index (κ3) is 1.57. The molecule has 0 fully saturated rings. The maximum absolute atomic E-state index is 11.8. The Morgan fingerprint density at radius 1 is 1.36 bits per heavy atom. The standard InChI is InChI=1S/C11H9NO2/c1-8-4-10(6-12-5-8)11(13)9-2-3-14-7-9/h2-7H,1H3. The van der Waals surface area contributed by atoms with Crippen LogP contribution in [0.1, 0.15) is 21.5 Å². The van der Waals surface area contributed by atoms with Crippen molar-refractivity contribution in [2.24, 2.45) is 0 Å². The summed E-state index contributed by atoms with van der Waals surface area (Å²) < 4.78 is 4.85. The van der Waals surface area contributed by atoms with Gasteiger partial charge in [0.2, 0.25) is 0 Å². The number of hydrogen-bond donors (Lipinski definition) is 0. The van der Waals surface area contributed by atoms with E-state index in [0.29, 0.717) is 11.1 Å². The molecule has 0 radical (unpaired) electrons. The van der Waals surface area contributed by atoms with E-state index in [9.17, 15) is 4.79 Å². The van der Waals surface area contributed by atoms with Crippen molar-refractivity contribution in [1.29, 1.82) is 0 Å². The van der Waals surface area contributed by atoms with Crippen molar-refractivity contribution >= 4 is 5.78 Å². The van der Waals surface area contributed by atoms with Crippen LogP contribution in [0, 0.1) is 6.92 Å². The Kier molecular flexibility index (Phi) is 2.14. The second-order valence-corrected chi connectivity index (χ2v) is 3.09. The SMILES string of the molecule is Cc1cncc(C(=O)c2ccoc2)c1. The van der Waals surface area contributed by atoms with Gasteiger partial charge in [0.1, 0.15) is 6.26 Å². The van der Waals surface area contributed by atoms with Crippen molar-refractivity contribution in [1.82, 2.24) is 4.98 Å². The molecule has 0 bridgehead atoms. The number of aromatic nitrogens is 1. The molecule has 2 rings (SSSR count). The fraction of sp³-hybridized carbons (Fsp3) is 0.0909. The Hall–Kier alpha value is -1.90. The fourth-order valence-corrected chi connectivity index (χ4v) is 1.24. The molecule has 0 saturated heterocycles. The largest absolute Gasteiger partial charge is 0.472 e. The molecule has 70 valence electrons. The quantitative estimate of drug-likeness (QED) is 0.677. The third-order valence-corrected chi connectivity index (χ3v) is 1.92. The van der Waals surface area contributed by atoms with Crippen LogP contribution in [0.15, 0.2) is 41.5 Å². The van der Waals surface area contributed by atoms with E-state index in [2.05, 4.69) is 4.98 Å². The molecular weight excluding hydrogens is 178 g/mol. The van der Waals surface area contributed by atoms with E-state index < -0.39 is 0 Å². The Labute approximate surface area is 81.4 Å². The van der Waals surface area contributed by atoms with Crippen LogP contribution in [0.5, 0.6) is 0 Å². The molecule has 0 N–H and O–H groups in total. The van der Waals surface area contributed by atoms with Gasteiger partial charge in [-0.2, -0.15) is 0 Å². The van der Waals surface area contributed by atoms with E-state index in [1.54, 1.807) is 18.5 Å². The van der Waals surface area contributed by atoms with Gasteiger partial charge in [-0.15, -0.1) is 0 Å². The maximum atomic E-state index is 11.8. The number of furan rings is 1. The van der Waals surface area contributed by atoms with E-state index in [-0.39, 0.29) is 5.78 Å². The average molecular weight is 187 g/mol. The Morgan fingerprint density at radius 2 is 2.21 bits per heavy atom. The van der Waals surface area contributed by atoms with Gasteiger partial charge in [-0.05, 0) is 24.6 Å². The van der Waals surface area contributed by atoms with Crippen LogP contribution in [0.4, 0.5) is 0 Å². The van der Waals surface area contributed by atoms with Crippen molar-refractivity contribution in [3.05, 3.63) is 53.7 Å². The van der Waals surface area contributed by atoms with Crippen LogP contribution < -0.4 is 0 Å². The van der Waals surface area contributed by atoms with E-state index in [1.807, 2.05) is 13.0 Å². The van der Waals surface area contributed by atoms with Crippen LogP contribution >= 0.6 is 0 Å². The molecule has 0 aliphatic rings. The van der Waals surface area contributed by atoms with Gasteiger partial charge in [-0.1, -0.05) is 0 Å². The zero-order chi connectivity index (χ0) is 9.97. The van der Waals surface area contributed by atoms with Gasteiger partial charge in [-0.3, -0.25) is 9.78 Å². The number of ketones is 1. The number of carbonyl (C=O) groups excluding carboxylic acids is 1. The van der Waals surface area contributed by atoms with Crippen molar-refractivity contribution in [3.63, 3.8) is 0 Å². The highest BCUT2D eigenvalue weighted by molar-refractivity contribution is 6.08. The number of aryl methyl sites for hydroxylation is 1. The first kappa shape index (κ1) is 8.69. The van der Waals surface area contributed by atoms with Crippen molar-refractivity contribution < 1.29 is 9.21 Å². The molecule has 0 aliphatic carbocycles. The van der Waals surface area contributed by atoms with Crippen LogP contribution in [-0.4, -0.2) is 10.8 Å². The normalized spacial score (nSPS) is 10.1. The summed E-state index contributed by atoms with van der Waals surface area (Å²) in [7, 11) is 0. The molecule has 0 aromatic carbocycles. The lowest BCUT2D eigenvalue weighted by Crippen LogP contribution is -2.00. The predicted octanol–water partition coefficient (Wildman–Crippen LogP) is 2.21. The highest BCUT2D eigenvalue weighted by Crippen LogP contribution is 2.10. The Bertz CT molecular complexity index is 446. The monoisotopic (exact) mass is 187 g/mol. The maximum Gasteiger partial charge on any atom is 0.197 e. The summed E-state index contributed by atoms with van der Waals surface area (Å²) in [6.45, 7) is 1.90. The van der Waals surface area contributed by atoms with Gasteiger partial charge in [0.15, 0.2) is 5.78 Å². The van der Waals surface area contributed by atoms with Crippen LogP contribution in [0.2, 0.25) is 0 Å². The van der Waals surface area contributed by atoms with Gasteiger partial charge in [0.25, 0.3) is 0 Å². The molecule has 0 amide bonds. The summed E-state index contributed by atoms with van der Waals surface area (Å²) in [4.78, 5) is 15.7. The number of nitrogens with zero attached hydrogens (tertiary/aromatic N) is 1. The summed E-state index contributed by atoms with van der Waals surface area (Å²) in [5.74, 6) is -0.0602. The third-order valence-electron chi connectivity index (χ3n) is 1.92. The van der Waals surface area contributed by atoms with Crippen LogP contribution in [0.3, 0.4) is 0 Å². The highest BCUT2D eigenvalue weighted by Gasteiger charge is 2.09. The van der Waals surface area contributed by atoms with Crippen LogP contribution in [0.25, 0.3) is 0 Å². The molecule has 0 saturated carbocycles. The second kappa shape index (κ2) is 3.46. The summed E-state index contributed by atoms with van der Waals surface area (Å²) in [5.41, 5.74) is 2.11. The Balaban J connectivity index is 2.37. The lowest BCUT2D eigenvalue weighted by Gasteiger charge is -1.97. The van der Waals surface area contributed by atoms with E-state index in [0.717, 1.165) is 5.56 Å². The first-order valence-corrected chi connectivity index (χ1v) is 4.26. The van der Waals surface area contributed by atoms with Crippen molar-refractivity contribution in [2.45, 2.75) is 6.92 Å². The molecule has 14 heavy (non-hydrogen) atoms. The number of hydrogen-bond acceptors (Lipinski definition) is 3. The van der Waals surface area contributed by atoms with E-state index in [1.165, 1.54) is 12.5 Å². The van der Waals surface area contributed by atoms with Gasteiger partial charge in [0.05, 0.1) is 11.8 Å². The van der Waals surface area contributed by atoms with Crippen LogP contribution in [-0.2, 0) is 0 Å². The second-order valence-electron chi connectivity index (χ2n) is 3.09. The highest BCUT2D eigenvalue weighted by atomic mass is 16.3. The first-order valence-electron chi connectivity index (χ1n) is 4.26. The fourth-order valence-electron chi connectivity index (χ4n) is 1.24. The van der Waals surface area contributed by atoms with E-state index >= 15 is 0 Å². The lowest BCUT2D eigenvalue weighted by molar-refractivity contribution is 0.103. The smallest absolute Gasteiger partial charge is 0.197 e. The van der Waals surface area contributed by atoms with Gasteiger partial charge in [-0.25, -0.2) is 0 Å². The molecule has 2 aromatic rings. The minimum atomic E-state index is -0.0602. The zero-order valence-electron chi connectivity index (χ0n) is 7.73. The number of carbonyl (C=O) groups is 1. The summed E-state index contributed by atoms with van der Waals surface area (Å²) in [5, 5.41) is 0. The number of pyridine rings is 1. The zero-order valence-corrected chi connectivity index (χ0v) is 7.73. The predicted molar refractivity (Wildman–Crippen MR) is 51.1 cm³/mol. The molecule has 3 nitrogen and oxygen atoms in total. The minimum absolute atomic E-state index is 0.0602. The van der Waals surface area contributed by atoms with Gasteiger partial charge < -0.3 is 4.42 Å². The van der Waals surface area contributed by atoms with E-state index in [4.69, 9.17) is 4.42 Å².